The molecular formula is C17H17NO2. The molecule has 0 spiro atoms. The second kappa shape index (κ2) is 4.93. The Hall–Kier alpha value is -1.84. The Kier molecular flexibility index (Phi) is 2.94. The number of hydrogen-bond donors (Lipinski definition) is 0. The van der Waals surface area contributed by atoms with Crippen molar-refractivity contribution in [3.8, 4) is 5.75 Å². The number of ether oxygens (including phenoxy) is 1. The summed E-state index contributed by atoms with van der Waals surface area (Å²) in [5, 5.41) is 2.08. The number of fused-ring (bicyclic) bond motifs is 3. The highest BCUT2D eigenvalue weighted by molar-refractivity contribution is 5.32. The van der Waals surface area contributed by atoms with Crippen LogP contribution in [-0.4, -0.2) is 17.9 Å². The Bertz CT molecular complexity index is 599. The van der Waals surface area contributed by atoms with E-state index in [1.165, 1.54) is 11.1 Å². The lowest BCUT2D eigenvalue weighted by Gasteiger charge is -2.29. The third-order valence-electron chi connectivity index (χ3n) is 4.04. The smallest absolute Gasteiger partial charge is 0.220 e. The second-order valence-corrected chi connectivity index (χ2v) is 5.31. The summed E-state index contributed by atoms with van der Waals surface area (Å²) in [6, 6.07) is 18.9. The molecule has 2 aliphatic rings. The van der Waals surface area contributed by atoms with Gasteiger partial charge < -0.3 is 4.74 Å². The third-order valence-corrected chi connectivity index (χ3v) is 4.04. The van der Waals surface area contributed by atoms with Crippen LogP contribution in [0.1, 0.15) is 23.6 Å². The van der Waals surface area contributed by atoms with Gasteiger partial charge in [0.2, 0.25) is 6.29 Å². The highest BCUT2D eigenvalue weighted by Gasteiger charge is 2.38. The first kappa shape index (κ1) is 11.9. The van der Waals surface area contributed by atoms with Crippen molar-refractivity contribution < 1.29 is 9.57 Å². The molecule has 2 aromatic carbocycles. The van der Waals surface area contributed by atoms with E-state index in [1.54, 1.807) is 0 Å². The van der Waals surface area contributed by atoms with E-state index < -0.39 is 0 Å². The summed E-state index contributed by atoms with van der Waals surface area (Å²) in [6.07, 6.45) is 1.74. The Morgan fingerprint density at radius 1 is 1.00 bits per heavy atom. The van der Waals surface area contributed by atoms with Gasteiger partial charge in [-0.25, -0.2) is 0 Å². The number of rotatable bonds is 2. The lowest BCUT2D eigenvalue weighted by Crippen LogP contribution is -2.30. The molecule has 3 nitrogen and oxygen atoms in total. The molecule has 2 heterocycles. The highest BCUT2D eigenvalue weighted by atomic mass is 16.8. The first-order valence-corrected chi connectivity index (χ1v) is 7.13. The van der Waals surface area contributed by atoms with E-state index >= 15 is 0 Å². The molecule has 0 aliphatic carbocycles. The maximum absolute atomic E-state index is 5.94. The molecule has 2 aliphatic heterocycles. The first-order chi connectivity index (χ1) is 9.90. The van der Waals surface area contributed by atoms with E-state index in [9.17, 15) is 0 Å². The molecule has 0 saturated carbocycles. The summed E-state index contributed by atoms with van der Waals surface area (Å²) >= 11 is 0. The van der Waals surface area contributed by atoms with Crippen molar-refractivity contribution in [1.82, 2.24) is 5.06 Å². The molecule has 20 heavy (non-hydrogen) atoms. The van der Waals surface area contributed by atoms with Gasteiger partial charge in [0.15, 0.2) is 0 Å². The Morgan fingerprint density at radius 3 is 2.70 bits per heavy atom. The fourth-order valence-electron chi connectivity index (χ4n) is 3.10. The predicted octanol–water partition coefficient (Wildman–Crippen LogP) is 3.33. The van der Waals surface area contributed by atoms with Crippen LogP contribution < -0.4 is 4.74 Å². The molecule has 0 radical (unpaired) electrons. The SMILES string of the molecule is c1ccc(O[C@@H]2C[C@H]3c4ccccc4CCN3O2)cc1. The zero-order valence-electron chi connectivity index (χ0n) is 11.2. The second-order valence-electron chi connectivity index (χ2n) is 5.31. The van der Waals surface area contributed by atoms with Gasteiger partial charge in [-0.1, -0.05) is 42.5 Å². The van der Waals surface area contributed by atoms with Crippen molar-refractivity contribution in [3.63, 3.8) is 0 Å². The van der Waals surface area contributed by atoms with Gasteiger partial charge in [0, 0.05) is 13.0 Å². The van der Waals surface area contributed by atoms with E-state index in [1.807, 2.05) is 30.3 Å². The summed E-state index contributed by atoms with van der Waals surface area (Å²) in [5.74, 6) is 0.866. The van der Waals surface area contributed by atoms with Crippen LogP contribution >= 0.6 is 0 Å². The number of hydrogen-bond acceptors (Lipinski definition) is 3. The van der Waals surface area contributed by atoms with Gasteiger partial charge in [-0.3, -0.25) is 4.84 Å². The standard InChI is InChI=1S/C17H17NO2/c1-2-7-14(8-3-1)19-17-12-16-15-9-5-4-6-13(15)10-11-18(16)20-17/h1-9,16-17H,10-12H2/t16-,17-/m0/s1. The average Bonchev–Trinajstić information content (AvgIpc) is 2.91. The predicted molar refractivity (Wildman–Crippen MR) is 76.2 cm³/mol. The molecule has 1 fully saturated rings. The number of benzene rings is 2. The van der Waals surface area contributed by atoms with E-state index in [2.05, 4.69) is 29.3 Å². The quantitative estimate of drug-likeness (QED) is 0.833. The molecule has 0 bridgehead atoms. The summed E-state index contributed by atoms with van der Waals surface area (Å²) < 4.78 is 5.92. The minimum absolute atomic E-state index is 0.187. The van der Waals surface area contributed by atoms with Crippen LogP contribution in [0.4, 0.5) is 0 Å². The third kappa shape index (κ3) is 2.09. The van der Waals surface area contributed by atoms with Crippen LogP contribution in [0.5, 0.6) is 5.75 Å². The van der Waals surface area contributed by atoms with E-state index in [0.717, 1.165) is 25.1 Å². The Labute approximate surface area is 118 Å². The fourth-order valence-corrected chi connectivity index (χ4v) is 3.10. The fraction of sp³-hybridized carbons (Fsp3) is 0.294. The van der Waals surface area contributed by atoms with Crippen LogP contribution in [-0.2, 0) is 11.3 Å². The minimum atomic E-state index is -0.187. The number of nitrogens with zero attached hydrogens (tertiary/aromatic N) is 1. The molecule has 0 amide bonds. The van der Waals surface area contributed by atoms with Gasteiger partial charge in [0.25, 0.3) is 0 Å². The molecular weight excluding hydrogens is 250 g/mol. The van der Waals surface area contributed by atoms with Crippen LogP contribution in [0.2, 0.25) is 0 Å². The average molecular weight is 267 g/mol. The monoisotopic (exact) mass is 267 g/mol. The lowest BCUT2D eigenvalue weighted by atomic mass is 9.93. The van der Waals surface area contributed by atoms with E-state index in [-0.39, 0.29) is 6.29 Å². The van der Waals surface area contributed by atoms with Gasteiger partial charge in [0.05, 0.1) is 6.04 Å². The molecule has 0 aromatic heterocycles. The molecule has 2 aromatic rings. The van der Waals surface area contributed by atoms with Gasteiger partial charge in [-0.05, 0) is 29.7 Å². The molecule has 3 heteroatoms. The van der Waals surface area contributed by atoms with Crippen molar-refractivity contribution in [1.29, 1.82) is 0 Å². The van der Waals surface area contributed by atoms with Crippen molar-refractivity contribution >= 4 is 0 Å². The Balaban J connectivity index is 1.53. The summed E-state index contributed by atoms with van der Waals surface area (Å²) in [4.78, 5) is 5.94. The zero-order valence-corrected chi connectivity index (χ0v) is 11.2. The first-order valence-electron chi connectivity index (χ1n) is 7.13. The summed E-state index contributed by atoms with van der Waals surface area (Å²) in [6.45, 7) is 0.941. The van der Waals surface area contributed by atoms with Crippen LogP contribution in [0.15, 0.2) is 54.6 Å². The molecule has 0 unspecified atom stereocenters. The number of hydroxylamine groups is 2. The molecule has 1 saturated heterocycles. The van der Waals surface area contributed by atoms with Crippen molar-refractivity contribution in [3.05, 3.63) is 65.7 Å². The minimum Gasteiger partial charge on any atom is -0.463 e. The normalized spacial score (nSPS) is 25.0. The topological polar surface area (TPSA) is 21.7 Å². The molecule has 102 valence electrons. The van der Waals surface area contributed by atoms with E-state index in [4.69, 9.17) is 9.57 Å². The molecule has 0 N–H and O–H groups in total. The van der Waals surface area contributed by atoms with Gasteiger partial charge in [-0.2, -0.15) is 5.06 Å². The maximum Gasteiger partial charge on any atom is 0.220 e. The largest absolute Gasteiger partial charge is 0.463 e. The van der Waals surface area contributed by atoms with Crippen molar-refractivity contribution in [2.45, 2.75) is 25.2 Å². The molecule has 2 atom stereocenters. The zero-order chi connectivity index (χ0) is 13.4. The maximum atomic E-state index is 5.94. The van der Waals surface area contributed by atoms with Gasteiger partial charge in [0.1, 0.15) is 5.75 Å². The Morgan fingerprint density at radius 2 is 1.80 bits per heavy atom. The van der Waals surface area contributed by atoms with Crippen LogP contribution in [0.25, 0.3) is 0 Å². The summed E-state index contributed by atoms with van der Waals surface area (Å²) in [7, 11) is 0. The van der Waals surface area contributed by atoms with Crippen molar-refractivity contribution in [2.75, 3.05) is 6.54 Å². The van der Waals surface area contributed by atoms with E-state index in [0.29, 0.717) is 6.04 Å². The van der Waals surface area contributed by atoms with Gasteiger partial charge in [-0.15, -0.1) is 0 Å². The van der Waals surface area contributed by atoms with Crippen LogP contribution in [0.3, 0.4) is 0 Å². The highest BCUT2D eigenvalue weighted by Crippen LogP contribution is 2.39. The van der Waals surface area contributed by atoms with Gasteiger partial charge >= 0.3 is 0 Å². The lowest BCUT2D eigenvalue weighted by molar-refractivity contribution is -0.214. The van der Waals surface area contributed by atoms with Crippen LogP contribution in [0, 0.1) is 0 Å². The number of para-hydroxylation sites is 1. The van der Waals surface area contributed by atoms with Crippen molar-refractivity contribution in [2.24, 2.45) is 0 Å². The molecule has 4 rings (SSSR count). The summed E-state index contributed by atoms with van der Waals surface area (Å²) in [5.41, 5.74) is 2.83.